The second-order valence-electron chi connectivity index (χ2n) is 9.30. The summed E-state index contributed by atoms with van der Waals surface area (Å²) in [5.41, 5.74) is 3.72. The number of hydrogen-bond donors (Lipinski definition) is 0. The number of halogens is 3. The van der Waals surface area contributed by atoms with Crippen molar-refractivity contribution < 1.29 is 22.7 Å². The van der Waals surface area contributed by atoms with Crippen molar-refractivity contribution in [3.8, 4) is 0 Å². The molecule has 0 aromatic heterocycles. The number of piperazine rings is 1. The fraction of sp³-hybridized carbons (Fsp3) is 0.444. The molecule has 1 saturated heterocycles. The first-order valence-corrected chi connectivity index (χ1v) is 12.0. The van der Waals surface area contributed by atoms with Gasteiger partial charge in [-0.3, -0.25) is 9.69 Å². The molecule has 2 aromatic carbocycles. The summed E-state index contributed by atoms with van der Waals surface area (Å²) < 4.78 is 44.5. The molecule has 8 heteroatoms. The highest BCUT2D eigenvalue weighted by Crippen LogP contribution is 2.32. The van der Waals surface area contributed by atoms with Gasteiger partial charge in [0, 0.05) is 58.6 Å². The average molecular weight is 488 g/mol. The molecule has 0 aliphatic carbocycles. The Kier molecular flexibility index (Phi) is 7.82. The van der Waals surface area contributed by atoms with E-state index < -0.39 is 11.7 Å². The van der Waals surface area contributed by atoms with Gasteiger partial charge in [-0.25, -0.2) is 0 Å². The van der Waals surface area contributed by atoms with Gasteiger partial charge in [0.05, 0.1) is 18.3 Å². The van der Waals surface area contributed by atoms with Gasteiger partial charge in [0.2, 0.25) is 5.91 Å². The molecule has 0 bridgehead atoms. The molecule has 2 aromatic rings. The van der Waals surface area contributed by atoms with Crippen LogP contribution in [0.4, 0.5) is 18.9 Å². The fourth-order valence-corrected chi connectivity index (χ4v) is 4.61. The molecule has 5 nitrogen and oxygen atoms in total. The Balaban J connectivity index is 1.29. The number of hydrogen-bond acceptors (Lipinski definition) is 4. The van der Waals surface area contributed by atoms with Crippen LogP contribution in [0, 0.1) is 0 Å². The predicted molar refractivity (Wildman–Crippen MR) is 131 cm³/mol. The first-order valence-electron chi connectivity index (χ1n) is 12.0. The van der Waals surface area contributed by atoms with Crippen molar-refractivity contribution in [1.82, 2.24) is 9.80 Å². The molecule has 0 N–H and O–H groups in total. The van der Waals surface area contributed by atoms with E-state index in [2.05, 4.69) is 21.9 Å². The van der Waals surface area contributed by atoms with E-state index in [1.807, 2.05) is 12.1 Å². The Hall–Kier alpha value is -2.84. The average Bonchev–Trinajstić information content (AvgIpc) is 2.85. The zero-order valence-corrected chi connectivity index (χ0v) is 20.2. The Morgan fingerprint density at radius 1 is 1.09 bits per heavy atom. The summed E-state index contributed by atoms with van der Waals surface area (Å²) in [6, 6.07) is 11.7. The normalized spacial score (nSPS) is 19.1. The maximum absolute atomic E-state index is 12.8. The molecular formula is C27H32F3N3O2. The quantitative estimate of drug-likeness (QED) is 0.557. The van der Waals surface area contributed by atoms with E-state index in [4.69, 9.17) is 4.74 Å². The number of alkyl halides is 3. The summed E-state index contributed by atoms with van der Waals surface area (Å²) in [4.78, 5) is 17.9. The van der Waals surface area contributed by atoms with E-state index >= 15 is 0 Å². The molecule has 0 radical (unpaired) electrons. The smallest absolute Gasteiger partial charge is 0.373 e. The minimum atomic E-state index is -4.31. The Morgan fingerprint density at radius 3 is 2.46 bits per heavy atom. The first-order chi connectivity index (χ1) is 16.7. The van der Waals surface area contributed by atoms with Crippen LogP contribution in [-0.4, -0.2) is 69.1 Å². The molecule has 35 heavy (non-hydrogen) atoms. The lowest BCUT2D eigenvalue weighted by molar-refractivity contribution is -0.137. The van der Waals surface area contributed by atoms with E-state index in [0.29, 0.717) is 6.61 Å². The Morgan fingerprint density at radius 2 is 1.80 bits per heavy atom. The summed E-state index contributed by atoms with van der Waals surface area (Å²) in [5.74, 6) is -0.0395. The number of carbonyl (C=O) groups is 1. The second kappa shape index (κ2) is 10.8. The molecule has 1 atom stereocenters. The van der Waals surface area contributed by atoms with Crippen LogP contribution in [0.1, 0.15) is 34.8 Å². The molecular weight excluding hydrogens is 455 g/mol. The number of likely N-dealkylation sites (N-methyl/N-ethyl adjacent to an activating group) is 1. The van der Waals surface area contributed by atoms with Crippen molar-refractivity contribution in [3.05, 3.63) is 70.8 Å². The van der Waals surface area contributed by atoms with Crippen LogP contribution in [0.25, 0.3) is 6.08 Å². The lowest BCUT2D eigenvalue weighted by atomic mass is 9.93. The number of ether oxygens (including phenoxy) is 1. The van der Waals surface area contributed by atoms with Gasteiger partial charge in [-0.2, -0.15) is 13.2 Å². The summed E-state index contributed by atoms with van der Waals surface area (Å²) >= 11 is 0. The minimum absolute atomic E-state index is 0.0395. The van der Waals surface area contributed by atoms with Crippen LogP contribution < -0.4 is 4.90 Å². The van der Waals surface area contributed by atoms with Crippen molar-refractivity contribution in [3.63, 3.8) is 0 Å². The third-order valence-electron chi connectivity index (χ3n) is 6.70. The molecule has 1 fully saturated rings. The Labute approximate surface area is 204 Å². The van der Waals surface area contributed by atoms with E-state index in [0.717, 1.165) is 68.9 Å². The van der Waals surface area contributed by atoms with Crippen LogP contribution in [0.5, 0.6) is 0 Å². The van der Waals surface area contributed by atoms with Crippen LogP contribution in [0.2, 0.25) is 0 Å². The number of carbonyl (C=O) groups excluding carboxylic acids is 1. The molecule has 2 heterocycles. The van der Waals surface area contributed by atoms with Gasteiger partial charge in [0.1, 0.15) is 0 Å². The highest BCUT2D eigenvalue weighted by molar-refractivity contribution is 5.91. The van der Waals surface area contributed by atoms with Crippen molar-refractivity contribution >= 4 is 17.7 Å². The van der Waals surface area contributed by atoms with Crippen molar-refractivity contribution in [2.45, 2.75) is 25.1 Å². The number of benzene rings is 2. The number of fused-ring (bicyclic) bond motifs is 1. The third-order valence-corrected chi connectivity index (χ3v) is 6.70. The van der Waals surface area contributed by atoms with Gasteiger partial charge in [0.15, 0.2) is 0 Å². The molecule has 2 aliphatic heterocycles. The van der Waals surface area contributed by atoms with Crippen LogP contribution in [-0.2, 0) is 22.1 Å². The molecule has 0 saturated carbocycles. The Bertz CT molecular complexity index is 1040. The fourth-order valence-electron chi connectivity index (χ4n) is 4.61. The summed E-state index contributed by atoms with van der Waals surface area (Å²) in [7, 11) is 3.46. The zero-order valence-electron chi connectivity index (χ0n) is 20.2. The van der Waals surface area contributed by atoms with E-state index in [9.17, 15) is 18.0 Å². The molecule has 4 rings (SSSR count). The van der Waals surface area contributed by atoms with E-state index in [1.54, 1.807) is 37.2 Å². The van der Waals surface area contributed by atoms with Gasteiger partial charge in [0.25, 0.3) is 0 Å². The van der Waals surface area contributed by atoms with Crippen molar-refractivity contribution in [1.29, 1.82) is 0 Å². The minimum Gasteiger partial charge on any atom is -0.373 e. The second-order valence-corrected chi connectivity index (χ2v) is 9.30. The van der Waals surface area contributed by atoms with Gasteiger partial charge in [-0.05, 0) is 59.9 Å². The monoisotopic (exact) mass is 487 g/mol. The van der Waals surface area contributed by atoms with Crippen LogP contribution in [0.3, 0.4) is 0 Å². The van der Waals surface area contributed by atoms with Crippen molar-refractivity contribution in [2.75, 3.05) is 58.3 Å². The van der Waals surface area contributed by atoms with Crippen LogP contribution >= 0.6 is 0 Å². The van der Waals surface area contributed by atoms with Gasteiger partial charge in [-0.15, -0.1) is 0 Å². The van der Waals surface area contributed by atoms with Gasteiger partial charge < -0.3 is 14.5 Å². The lowest BCUT2D eigenvalue weighted by Crippen LogP contribution is -2.47. The highest BCUT2D eigenvalue weighted by atomic mass is 19.4. The highest BCUT2D eigenvalue weighted by Gasteiger charge is 2.30. The van der Waals surface area contributed by atoms with Gasteiger partial charge in [-0.1, -0.05) is 18.2 Å². The third kappa shape index (κ3) is 6.44. The maximum Gasteiger partial charge on any atom is 0.416 e. The van der Waals surface area contributed by atoms with Gasteiger partial charge >= 0.3 is 6.18 Å². The predicted octanol–water partition coefficient (Wildman–Crippen LogP) is 4.63. The topological polar surface area (TPSA) is 36.0 Å². The molecule has 188 valence electrons. The molecule has 1 amide bonds. The molecule has 0 spiro atoms. The molecule has 2 aliphatic rings. The van der Waals surface area contributed by atoms with Crippen LogP contribution in [0.15, 0.2) is 48.5 Å². The summed E-state index contributed by atoms with van der Waals surface area (Å²) in [6.45, 7) is 4.89. The lowest BCUT2D eigenvalue weighted by Gasteiger charge is -2.37. The van der Waals surface area contributed by atoms with E-state index in [1.165, 1.54) is 11.1 Å². The zero-order chi connectivity index (χ0) is 25.0. The first kappa shape index (κ1) is 25.3. The summed E-state index contributed by atoms with van der Waals surface area (Å²) in [5, 5.41) is 0. The van der Waals surface area contributed by atoms with Crippen molar-refractivity contribution in [2.24, 2.45) is 0 Å². The standard InChI is InChI=1S/C27H32F3N3O2/c1-31(2)26(34)10-4-20-3-9-24-21(19-20)12-18-35-25(24)11-13-32-14-16-33(17-15-32)23-7-5-22(6-8-23)27(28,29)30/h3-10,19,25H,11-18H2,1-2H3. The SMILES string of the molecule is CN(C)C(=O)C=Cc1ccc2c(c1)CCOC2CCN1CCN(c2ccc(C(F)(F)F)cc2)CC1. The summed E-state index contributed by atoms with van der Waals surface area (Å²) in [6.07, 6.45) is 0.933. The largest absolute Gasteiger partial charge is 0.416 e. The number of amides is 1. The molecule has 1 unspecified atom stereocenters. The maximum atomic E-state index is 12.8. The number of anilines is 1. The number of nitrogens with zero attached hydrogens (tertiary/aromatic N) is 3. The number of rotatable bonds is 6. The van der Waals surface area contributed by atoms with E-state index in [-0.39, 0.29) is 12.0 Å².